The van der Waals surface area contributed by atoms with Crippen molar-refractivity contribution in [3.8, 4) is 0 Å². The maximum Gasteiger partial charge on any atom is 0.326 e. The first-order valence-corrected chi connectivity index (χ1v) is 6.26. The van der Waals surface area contributed by atoms with Crippen LogP contribution >= 0.6 is 0 Å². The predicted octanol–water partition coefficient (Wildman–Crippen LogP) is -0.769. The summed E-state index contributed by atoms with van der Waals surface area (Å²) in [6, 6.07) is -1.25. The van der Waals surface area contributed by atoms with Crippen molar-refractivity contribution in [1.29, 1.82) is 0 Å². The molecule has 0 aliphatic carbocycles. The van der Waals surface area contributed by atoms with E-state index in [2.05, 4.69) is 20.5 Å². The Bertz CT molecular complexity index is 463. The lowest BCUT2D eigenvalue weighted by Crippen LogP contribution is -2.46. The molecule has 0 radical (unpaired) electrons. The van der Waals surface area contributed by atoms with Gasteiger partial charge in [0.15, 0.2) is 0 Å². The van der Waals surface area contributed by atoms with E-state index in [1.165, 1.54) is 18.3 Å². The molecule has 1 saturated heterocycles. The average Bonchev–Trinajstić information content (AvgIpc) is 3.07. The number of nitrogens with zero attached hydrogens (tertiary/aromatic N) is 3. The highest BCUT2D eigenvalue weighted by Crippen LogP contribution is 2.20. The van der Waals surface area contributed by atoms with Gasteiger partial charge in [0, 0.05) is 33.0 Å². The molecule has 2 heterocycles. The number of carboxylic acids is 1. The standard InChI is InChI=1S/C11H17N5O4/c1-20-7-4-8(10(17)18)16(5-7)11(19)12-3-2-9-13-6-14-15-9/h6-8H,2-5H2,1H3,(H,12,19)(H,17,18)(H,13,14,15). The van der Waals surface area contributed by atoms with E-state index in [-0.39, 0.29) is 12.6 Å². The molecule has 9 nitrogen and oxygen atoms in total. The molecule has 20 heavy (non-hydrogen) atoms. The third kappa shape index (κ3) is 3.23. The summed E-state index contributed by atoms with van der Waals surface area (Å²) in [6.45, 7) is 0.635. The molecule has 0 bridgehead atoms. The number of carboxylic acid groups (broad SMARTS) is 1. The molecular weight excluding hydrogens is 266 g/mol. The van der Waals surface area contributed by atoms with Gasteiger partial charge in [0.1, 0.15) is 18.2 Å². The first kappa shape index (κ1) is 14.3. The molecule has 2 amide bonds. The number of ether oxygens (including phenoxy) is 1. The van der Waals surface area contributed by atoms with Crippen molar-refractivity contribution in [3.05, 3.63) is 12.2 Å². The lowest BCUT2D eigenvalue weighted by molar-refractivity contribution is -0.141. The highest BCUT2D eigenvalue weighted by atomic mass is 16.5. The number of nitrogens with one attached hydrogen (secondary N) is 2. The van der Waals surface area contributed by atoms with E-state index >= 15 is 0 Å². The van der Waals surface area contributed by atoms with Crippen LogP contribution in [0.3, 0.4) is 0 Å². The smallest absolute Gasteiger partial charge is 0.326 e. The fraction of sp³-hybridized carbons (Fsp3) is 0.636. The van der Waals surface area contributed by atoms with E-state index in [1.807, 2.05) is 0 Å². The van der Waals surface area contributed by atoms with Crippen LogP contribution in [0.2, 0.25) is 0 Å². The molecule has 1 aliphatic heterocycles. The molecule has 2 unspecified atom stereocenters. The van der Waals surface area contributed by atoms with Gasteiger partial charge < -0.3 is 20.1 Å². The molecule has 2 atom stereocenters. The van der Waals surface area contributed by atoms with Gasteiger partial charge in [-0.2, -0.15) is 5.10 Å². The number of hydrogen-bond donors (Lipinski definition) is 3. The minimum atomic E-state index is -1.02. The second-order valence-corrected chi connectivity index (χ2v) is 4.51. The second-order valence-electron chi connectivity index (χ2n) is 4.51. The van der Waals surface area contributed by atoms with Crippen LogP contribution in [0, 0.1) is 0 Å². The maximum atomic E-state index is 12.0. The molecule has 1 aliphatic rings. The van der Waals surface area contributed by atoms with Crippen molar-refractivity contribution < 1.29 is 19.4 Å². The summed E-state index contributed by atoms with van der Waals surface area (Å²) < 4.78 is 5.13. The minimum Gasteiger partial charge on any atom is -0.480 e. The molecule has 9 heteroatoms. The number of aromatic amines is 1. The second kappa shape index (κ2) is 6.33. The normalized spacial score (nSPS) is 21.9. The van der Waals surface area contributed by atoms with Crippen molar-refractivity contribution in [1.82, 2.24) is 25.4 Å². The summed E-state index contributed by atoms with van der Waals surface area (Å²) in [5.41, 5.74) is 0. The van der Waals surface area contributed by atoms with Crippen LogP contribution in [-0.2, 0) is 16.0 Å². The SMILES string of the molecule is COC1CC(C(=O)O)N(C(=O)NCCc2ncn[nH]2)C1. The van der Waals surface area contributed by atoms with Crippen molar-refractivity contribution in [3.63, 3.8) is 0 Å². The number of carbonyl (C=O) groups is 2. The van der Waals surface area contributed by atoms with Crippen LogP contribution in [0.1, 0.15) is 12.2 Å². The van der Waals surface area contributed by atoms with Gasteiger partial charge in [-0.1, -0.05) is 0 Å². The van der Waals surface area contributed by atoms with Gasteiger partial charge >= 0.3 is 12.0 Å². The number of rotatable bonds is 5. The molecule has 2 rings (SSSR count). The summed E-state index contributed by atoms with van der Waals surface area (Å²) in [4.78, 5) is 28.4. The Kier molecular flexibility index (Phi) is 4.51. The van der Waals surface area contributed by atoms with Gasteiger partial charge in [-0.05, 0) is 0 Å². The van der Waals surface area contributed by atoms with E-state index in [9.17, 15) is 9.59 Å². The lowest BCUT2D eigenvalue weighted by atomic mass is 10.2. The number of methoxy groups -OCH3 is 1. The Morgan fingerprint density at radius 1 is 1.65 bits per heavy atom. The summed E-state index contributed by atoms with van der Waals surface area (Å²) >= 11 is 0. The van der Waals surface area contributed by atoms with Gasteiger partial charge in [0.05, 0.1) is 6.10 Å². The van der Waals surface area contributed by atoms with Gasteiger partial charge in [0.2, 0.25) is 0 Å². The Morgan fingerprint density at radius 2 is 2.45 bits per heavy atom. The number of carbonyl (C=O) groups excluding carboxylic acids is 1. The number of likely N-dealkylation sites (tertiary alicyclic amines) is 1. The van der Waals surface area contributed by atoms with Crippen LogP contribution in [-0.4, -0.2) is 69.5 Å². The monoisotopic (exact) mass is 283 g/mol. The Hall–Kier alpha value is -2.16. The number of aliphatic carboxylic acids is 1. The Morgan fingerprint density at radius 3 is 3.05 bits per heavy atom. The maximum absolute atomic E-state index is 12.0. The first-order chi connectivity index (χ1) is 9.61. The quantitative estimate of drug-likeness (QED) is 0.652. The first-order valence-electron chi connectivity index (χ1n) is 6.26. The number of aromatic nitrogens is 3. The van der Waals surface area contributed by atoms with Crippen LogP contribution in [0.25, 0.3) is 0 Å². The lowest BCUT2D eigenvalue weighted by Gasteiger charge is -2.21. The van der Waals surface area contributed by atoms with E-state index in [0.717, 1.165) is 0 Å². The molecule has 110 valence electrons. The molecular formula is C11H17N5O4. The average molecular weight is 283 g/mol. The summed E-state index contributed by atoms with van der Waals surface area (Å²) in [5.74, 6) is -0.355. The largest absolute Gasteiger partial charge is 0.480 e. The van der Waals surface area contributed by atoms with Crippen molar-refractivity contribution in [2.24, 2.45) is 0 Å². The van der Waals surface area contributed by atoms with Crippen molar-refractivity contribution in [2.75, 3.05) is 20.2 Å². The number of urea groups is 1. The van der Waals surface area contributed by atoms with Gasteiger partial charge in [0.25, 0.3) is 0 Å². The van der Waals surface area contributed by atoms with Crippen molar-refractivity contribution in [2.45, 2.75) is 25.0 Å². The molecule has 1 fully saturated rings. The Balaban J connectivity index is 1.85. The van der Waals surface area contributed by atoms with Crippen LogP contribution in [0.15, 0.2) is 6.33 Å². The zero-order valence-corrected chi connectivity index (χ0v) is 11.1. The topological polar surface area (TPSA) is 120 Å². The van der Waals surface area contributed by atoms with Crippen molar-refractivity contribution >= 4 is 12.0 Å². The fourth-order valence-electron chi connectivity index (χ4n) is 2.17. The molecule has 0 saturated carbocycles. The van der Waals surface area contributed by atoms with Gasteiger partial charge in [-0.25, -0.2) is 14.6 Å². The highest BCUT2D eigenvalue weighted by molar-refractivity contribution is 5.83. The van der Waals surface area contributed by atoms with Gasteiger partial charge in [-0.3, -0.25) is 5.10 Å². The van der Waals surface area contributed by atoms with E-state index in [4.69, 9.17) is 9.84 Å². The fourth-order valence-corrected chi connectivity index (χ4v) is 2.17. The zero-order valence-electron chi connectivity index (χ0n) is 11.1. The van der Waals surface area contributed by atoms with Crippen LogP contribution < -0.4 is 5.32 Å². The summed E-state index contributed by atoms with van der Waals surface area (Å²) in [5, 5.41) is 18.2. The van der Waals surface area contributed by atoms with E-state index in [0.29, 0.717) is 25.2 Å². The third-order valence-electron chi connectivity index (χ3n) is 3.24. The number of H-pyrrole nitrogens is 1. The van der Waals surface area contributed by atoms with Crippen LogP contribution in [0.5, 0.6) is 0 Å². The van der Waals surface area contributed by atoms with Crippen LogP contribution in [0.4, 0.5) is 4.79 Å². The third-order valence-corrected chi connectivity index (χ3v) is 3.24. The van der Waals surface area contributed by atoms with Gasteiger partial charge in [-0.15, -0.1) is 0 Å². The molecule has 1 aromatic heterocycles. The number of hydrogen-bond acceptors (Lipinski definition) is 5. The highest BCUT2D eigenvalue weighted by Gasteiger charge is 2.39. The molecule has 0 aromatic carbocycles. The molecule has 0 spiro atoms. The predicted molar refractivity (Wildman–Crippen MR) is 67.0 cm³/mol. The zero-order chi connectivity index (χ0) is 14.5. The minimum absolute atomic E-state index is 0.240. The summed E-state index contributed by atoms with van der Waals surface area (Å²) in [6.07, 6.45) is 1.96. The number of amides is 2. The molecule has 1 aromatic rings. The summed E-state index contributed by atoms with van der Waals surface area (Å²) in [7, 11) is 1.51. The van der Waals surface area contributed by atoms with E-state index < -0.39 is 18.0 Å². The van der Waals surface area contributed by atoms with E-state index in [1.54, 1.807) is 0 Å². The Labute approximate surface area is 115 Å². The molecule has 3 N–H and O–H groups in total.